The van der Waals surface area contributed by atoms with E-state index >= 15 is 0 Å². The van der Waals surface area contributed by atoms with Crippen molar-refractivity contribution in [3.05, 3.63) is 41.9 Å². The van der Waals surface area contributed by atoms with Gasteiger partial charge in [-0.3, -0.25) is 4.98 Å². The van der Waals surface area contributed by atoms with Gasteiger partial charge in [0.25, 0.3) is 0 Å². The van der Waals surface area contributed by atoms with Crippen LogP contribution in [0.2, 0.25) is 0 Å². The maximum absolute atomic E-state index is 5.86. The van der Waals surface area contributed by atoms with Crippen molar-refractivity contribution < 1.29 is 0 Å². The van der Waals surface area contributed by atoms with E-state index < -0.39 is 0 Å². The smallest absolute Gasteiger partial charge is 0.0513 e. The number of nitrogens with zero attached hydrogens (tertiary/aromatic N) is 1. The number of nitrogens with one attached hydrogen (secondary N) is 1. The van der Waals surface area contributed by atoms with Crippen LogP contribution in [0, 0.1) is 6.92 Å². The van der Waals surface area contributed by atoms with Gasteiger partial charge >= 0.3 is 0 Å². The molecule has 13 heavy (non-hydrogen) atoms. The summed E-state index contributed by atoms with van der Waals surface area (Å²) in [6, 6.07) is 3.87. The Hall–Kier alpha value is -1.35. The van der Waals surface area contributed by atoms with Crippen LogP contribution in [0.15, 0.2) is 30.6 Å². The van der Waals surface area contributed by atoms with Crippen molar-refractivity contribution in [1.82, 2.24) is 10.3 Å². The highest BCUT2D eigenvalue weighted by molar-refractivity contribution is 5.20. The molecule has 0 spiro atoms. The number of pyridine rings is 1. The maximum Gasteiger partial charge on any atom is 0.0513 e. The first-order valence-electron chi connectivity index (χ1n) is 4.26. The minimum Gasteiger partial charge on any atom is -0.394 e. The van der Waals surface area contributed by atoms with Crippen LogP contribution in [0.3, 0.4) is 0 Å². The third kappa shape index (κ3) is 2.87. The summed E-state index contributed by atoms with van der Waals surface area (Å²) in [6.07, 6.45) is 5.52. The third-order valence-corrected chi connectivity index (χ3v) is 1.79. The Kier molecular flexibility index (Phi) is 3.46. The molecule has 0 aliphatic carbocycles. The number of aromatic nitrogens is 1. The fourth-order valence-corrected chi connectivity index (χ4v) is 0.987. The van der Waals surface area contributed by atoms with E-state index in [1.54, 1.807) is 6.20 Å². The lowest BCUT2D eigenvalue weighted by Gasteiger charge is -2.05. The molecule has 3 heteroatoms. The van der Waals surface area contributed by atoms with Gasteiger partial charge in [-0.05, 0) is 30.8 Å². The summed E-state index contributed by atoms with van der Waals surface area (Å²) in [5.74, 6) is 0. The largest absolute Gasteiger partial charge is 0.394 e. The first-order valence-corrected chi connectivity index (χ1v) is 4.26. The molecule has 0 radical (unpaired) electrons. The molecule has 1 atom stereocenters. The molecule has 1 aromatic heterocycles. The summed E-state index contributed by atoms with van der Waals surface area (Å²) in [7, 11) is 1.84. The van der Waals surface area contributed by atoms with Gasteiger partial charge in [-0.1, -0.05) is 6.07 Å². The van der Waals surface area contributed by atoms with Crippen LogP contribution in [0.1, 0.15) is 17.3 Å². The molecule has 70 valence electrons. The molecule has 0 aliphatic heterocycles. The van der Waals surface area contributed by atoms with E-state index in [2.05, 4.69) is 10.3 Å². The zero-order valence-corrected chi connectivity index (χ0v) is 7.99. The van der Waals surface area contributed by atoms with E-state index in [9.17, 15) is 0 Å². The normalized spacial score (nSPS) is 13.2. The number of hydrogen-bond acceptors (Lipinski definition) is 3. The zero-order chi connectivity index (χ0) is 9.68. The molecule has 1 heterocycles. The lowest BCUT2D eigenvalue weighted by Crippen LogP contribution is -2.08. The van der Waals surface area contributed by atoms with Crippen LogP contribution < -0.4 is 11.1 Å². The minimum atomic E-state index is -0.0828. The Morgan fingerprint density at radius 1 is 1.54 bits per heavy atom. The second-order valence-electron chi connectivity index (χ2n) is 2.91. The fourth-order valence-electron chi connectivity index (χ4n) is 0.987. The summed E-state index contributed by atoms with van der Waals surface area (Å²) in [5, 5.41) is 2.90. The highest BCUT2D eigenvalue weighted by Crippen LogP contribution is 2.09. The van der Waals surface area contributed by atoms with Crippen LogP contribution in [0.25, 0.3) is 0 Å². The van der Waals surface area contributed by atoms with Crippen LogP contribution in [-0.4, -0.2) is 12.0 Å². The highest BCUT2D eigenvalue weighted by atomic mass is 14.8. The minimum absolute atomic E-state index is 0.0828. The molecule has 0 saturated heterocycles. The van der Waals surface area contributed by atoms with Gasteiger partial charge in [-0.15, -0.1) is 0 Å². The molecule has 0 fully saturated rings. The van der Waals surface area contributed by atoms with E-state index in [4.69, 9.17) is 5.73 Å². The molecule has 0 aromatic carbocycles. The van der Waals surface area contributed by atoms with Crippen molar-refractivity contribution in [2.75, 3.05) is 7.05 Å². The molecule has 0 bridgehead atoms. The van der Waals surface area contributed by atoms with Crippen molar-refractivity contribution in [2.45, 2.75) is 13.0 Å². The Morgan fingerprint density at radius 2 is 2.31 bits per heavy atom. The first kappa shape index (κ1) is 9.74. The second kappa shape index (κ2) is 4.62. The summed E-state index contributed by atoms with van der Waals surface area (Å²) >= 11 is 0. The predicted molar refractivity (Wildman–Crippen MR) is 54.1 cm³/mol. The maximum atomic E-state index is 5.86. The van der Waals surface area contributed by atoms with Crippen LogP contribution >= 0.6 is 0 Å². The first-order chi connectivity index (χ1) is 6.24. The van der Waals surface area contributed by atoms with Crippen molar-refractivity contribution >= 4 is 0 Å². The Balaban J connectivity index is 2.71. The molecule has 1 unspecified atom stereocenters. The molecule has 3 nitrogen and oxygen atoms in total. The second-order valence-corrected chi connectivity index (χ2v) is 2.91. The van der Waals surface area contributed by atoms with Gasteiger partial charge in [0.05, 0.1) is 6.04 Å². The fraction of sp³-hybridized carbons (Fsp3) is 0.300. The van der Waals surface area contributed by atoms with E-state index in [1.807, 2.05) is 38.4 Å². The number of hydrogen-bond donors (Lipinski definition) is 2. The van der Waals surface area contributed by atoms with Crippen molar-refractivity contribution in [1.29, 1.82) is 0 Å². The average molecular weight is 177 g/mol. The van der Waals surface area contributed by atoms with Crippen molar-refractivity contribution in [3.63, 3.8) is 0 Å². The Bertz CT molecular complexity index is 277. The molecular weight excluding hydrogens is 162 g/mol. The predicted octanol–water partition coefficient (Wildman–Crippen LogP) is 1.12. The highest BCUT2D eigenvalue weighted by Gasteiger charge is 2.00. The standard InChI is InChI=1S/C10H15N3/c1-8-3-4-9(7-13-8)10(11)5-6-12-2/h3-7,10,12H,11H2,1-2H3/b6-5-. The summed E-state index contributed by atoms with van der Waals surface area (Å²) < 4.78 is 0. The Labute approximate surface area is 78.7 Å². The van der Waals surface area contributed by atoms with E-state index in [1.165, 1.54) is 0 Å². The van der Waals surface area contributed by atoms with Crippen molar-refractivity contribution in [3.8, 4) is 0 Å². The van der Waals surface area contributed by atoms with Gasteiger partial charge < -0.3 is 11.1 Å². The summed E-state index contributed by atoms with van der Waals surface area (Å²) in [6.45, 7) is 1.96. The van der Waals surface area contributed by atoms with Gasteiger partial charge in [0.15, 0.2) is 0 Å². The molecule has 0 saturated carbocycles. The van der Waals surface area contributed by atoms with E-state index in [-0.39, 0.29) is 6.04 Å². The van der Waals surface area contributed by atoms with Gasteiger partial charge in [-0.25, -0.2) is 0 Å². The van der Waals surface area contributed by atoms with Gasteiger partial charge in [0, 0.05) is 18.9 Å². The lowest BCUT2D eigenvalue weighted by molar-refractivity contribution is 0.884. The van der Waals surface area contributed by atoms with Crippen molar-refractivity contribution in [2.24, 2.45) is 5.73 Å². The molecule has 0 aliphatic rings. The van der Waals surface area contributed by atoms with Crippen LogP contribution in [-0.2, 0) is 0 Å². The zero-order valence-electron chi connectivity index (χ0n) is 7.99. The average Bonchev–Trinajstić information content (AvgIpc) is 2.15. The SMILES string of the molecule is CN/C=C\C(N)c1ccc(C)nc1. The monoisotopic (exact) mass is 177 g/mol. The molecule has 3 N–H and O–H groups in total. The Morgan fingerprint density at radius 3 is 2.85 bits per heavy atom. The molecular formula is C10H15N3. The number of rotatable bonds is 3. The lowest BCUT2D eigenvalue weighted by atomic mass is 10.1. The molecule has 0 amide bonds. The van der Waals surface area contributed by atoms with Gasteiger partial charge in [-0.2, -0.15) is 0 Å². The quantitative estimate of drug-likeness (QED) is 0.727. The van der Waals surface area contributed by atoms with Gasteiger partial charge in [0.2, 0.25) is 0 Å². The molecule has 1 rings (SSSR count). The molecule has 1 aromatic rings. The van der Waals surface area contributed by atoms with E-state index in [0.717, 1.165) is 11.3 Å². The van der Waals surface area contributed by atoms with Crippen LogP contribution in [0.5, 0.6) is 0 Å². The summed E-state index contributed by atoms with van der Waals surface area (Å²) in [4.78, 5) is 4.17. The van der Waals surface area contributed by atoms with Gasteiger partial charge in [0.1, 0.15) is 0 Å². The third-order valence-electron chi connectivity index (χ3n) is 1.79. The topological polar surface area (TPSA) is 50.9 Å². The van der Waals surface area contributed by atoms with E-state index in [0.29, 0.717) is 0 Å². The number of nitrogens with two attached hydrogens (primary N) is 1. The van der Waals surface area contributed by atoms with Crippen LogP contribution in [0.4, 0.5) is 0 Å². The summed E-state index contributed by atoms with van der Waals surface area (Å²) in [5.41, 5.74) is 7.90. The number of aryl methyl sites for hydroxylation is 1.